The molecule has 1 atom stereocenters. The van der Waals surface area contributed by atoms with Crippen molar-refractivity contribution in [3.63, 3.8) is 0 Å². The normalized spacial score (nSPS) is 15.7. The van der Waals surface area contributed by atoms with Crippen LogP contribution in [0.3, 0.4) is 0 Å². The highest BCUT2D eigenvalue weighted by molar-refractivity contribution is 7.10. The maximum atomic E-state index is 13.2. The average Bonchev–Trinajstić information content (AvgIpc) is 3.40. The second-order valence-electron chi connectivity index (χ2n) is 6.96. The Balaban J connectivity index is 1.62. The van der Waals surface area contributed by atoms with Gasteiger partial charge in [-0.2, -0.15) is 0 Å². The highest BCUT2D eigenvalue weighted by Crippen LogP contribution is 2.27. The number of halogens is 1. The standard InChI is InChI=1S/C22H17ClN4O4S/c23-15-3-5-16(6-4-15)26-19(28)13-18(22(26)31)27(20(29)12-17-2-1-11-32-17)25-21(30)14-7-9-24-10-8-14/h1-11,18H,12-13H2,(H,25,30). The summed E-state index contributed by atoms with van der Waals surface area (Å²) in [6, 6.07) is 11.6. The molecule has 0 aliphatic carbocycles. The fraction of sp³-hybridized carbons (Fsp3) is 0.136. The first-order valence-corrected chi connectivity index (χ1v) is 10.9. The number of pyridine rings is 1. The molecule has 1 aliphatic heterocycles. The van der Waals surface area contributed by atoms with E-state index in [-0.39, 0.29) is 18.4 Å². The van der Waals surface area contributed by atoms with E-state index >= 15 is 0 Å². The van der Waals surface area contributed by atoms with E-state index in [1.54, 1.807) is 36.4 Å². The number of thiophene rings is 1. The van der Waals surface area contributed by atoms with Crippen LogP contribution in [0.25, 0.3) is 0 Å². The molecule has 4 amide bonds. The van der Waals surface area contributed by atoms with E-state index in [9.17, 15) is 19.2 Å². The summed E-state index contributed by atoms with van der Waals surface area (Å²) in [4.78, 5) is 57.4. The quantitative estimate of drug-likeness (QED) is 0.458. The molecule has 2 aromatic heterocycles. The molecular formula is C22H17ClN4O4S. The van der Waals surface area contributed by atoms with Crippen LogP contribution in [0.2, 0.25) is 5.02 Å². The summed E-state index contributed by atoms with van der Waals surface area (Å²) >= 11 is 7.29. The zero-order valence-electron chi connectivity index (χ0n) is 16.6. The summed E-state index contributed by atoms with van der Waals surface area (Å²) in [5.74, 6) is -2.17. The number of anilines is 1. The summed E-state index contributed by atoms with van der Waals surface area (Å²) < 4.78 is 0. The van der Waals surface area contributed by atoms with Crippen molar-refractivity contribution in [1.29, 1.82) is 0 Å². The lowest BCUT2D eigenvalue weighted by Gasteiger charge is -2.28. The number of hydrogen-bond donors (Lipinski definition) is 1. The molecule has 3 aromatic rings. The number of benzene rings is 1. The molecular weight excluding hydrogens is 452 g/mol. The molecule has 0 spiro atoms. The Morgan fingerprint density at radius 2 is 1.84 bits per heavy atom. The Bertz CT molecular complexity index is 1150. The Labute approximate surface area is 192 Å². The van der Waals surface area contributed by atoms with Crippen molar-refractivity contribution in [3.05, 3.63) is 81.8 Å². The van der Waals surface area contributed by atoms with Crippen molar-refractivity contribution in [2.24, 2.45) is 0 Å². The third kappa shape index (κ3) is 4.53. The molecule has 3 heterocycles. The Morgan fingerprint density at radius 1 is 1.12 bits per heavy atom. The number of nitrogens with zero attached hydrogens (tertiary/aromatic N) is 3. The van der Waals surface area contributed by atoms with E-state index in [0.29, 0.717) is 10.7 Å². The second kappa shape index (κ2) is 9.29. The number of imide groups is 1. The van der Waals surface area contributed by atoms with Crippen molar-refractivity contribution in [2.45, 2.75) is 18.9 Å². The maximum Gasteiger partial charge on any atom is 0.270 e. The van der Waals surface area contributed by atoms with Gasteiger partial charge in [-0.15, -0.1) is 11.3 Å². The third-order valence-corrected chi connectivity index (χ3v) is 5.99. The largest absolute Gasteiger partial charge is 0.274 e. The first-order chi connectivity index (χ1) is 15.4. The van der Waals surface area contributed by atoms with Crippen LogP contribution >= 0.6 is 22.9 Å². The van der Waals surface area contributed by atoms with E-state index in [4.69, 9.17) is 11.6 Å². The minimum atomic E-state index is -1.17. The van der Waals surface area contributed by atoms with E-state index in [1.165, 1.54) is 35.9 Å². The molecule has 0 radical (unpaired) electrons. The van der Waals surface area contributed by atoms with Crippen LogP contribution in [-0.2, 0) is 20.8 Å². The first kappa shape index (κ1) is 21.7. The topological polar surface area (TPSA) is 99.7 Å². The van der Waals surface area contributed by atoms with E-state index in [0.717, 1.165) is 14.8 Å². The van der Waals surface area contributed by atoms with Gasteiger partial charge in [0.25, 0.3) is 11.8 Å². The van der Waals surface area contributed by atoms with E-state index < -0.39 is 29.7 Å². The SMILES string of the molecule is O=C(NN(C(=O)Cc1cccs1)C1CC(=O)N(c2ccc(Cl)cc2)C1=O)c1ccncc1. The van der Waals surface area contributed by atoms with Crippen LogP contribution < -0.4 is 10.3 Å². The fourth-order valence-corrected chi connectivity index (χ4v) is 4.14. The molecule has 1 unspecified atom stereocenters. The van der Waals surface area contributed by atoms with Crippen molar-refractivity contribution in [3.8, 4) is 0 Å². The van der Waals surface area contributed by atoms with Crippen LogP contribution in [0.15, 0.2) is 66.3 Å². The van der Waals surface area contributed by atoms with Gasteiger partial charge in [-0.25, -0.2) is 9.91 Å². The summed E-state index contributed by atoms with van der Waals surface area (Å²) in [5, 5.41) is 3.26. The van der Waals surface area contributed by atoms with Crippen LogP contribution in [0, 0.1) is 0 Å². The zero-order chi connectivity index (χ0) is 22.7. The number of hydrazine groups is 1. The monoisotopic (exact) mass is 468 g/mol. The van der Waals surface area contributed by atoms with Crippen LogP contribution in [-0.4, -0.2) is 39.7 Å². The van der Waals surface area contributed by atoms with Gasteiger partial charge >= 0.3 is 0 Å². The minimum Gasteiger partial charge on any atom is -0.274 e. The average molecular weight is 469 g/mol. The molecule has 1 N–H and O–H groups in total. The van der Waals surface area contributed by atoms with Crippen LogP contribution in [0.5, 0.6) is 0 Å². The number of rotatable bonds is 5. The van der Waals surface area contributed by atoms with E-state index in [1.807, 2.05) is 5.38 Å². The first-order valence-electron chi connectivity index (χ1n) is 9.62. The number of carbonyl (C=O) groups is 4. The lowest BCUT2D eigenvalue weighted by molar-refractivity contribution is -0.140. The molecule has 1 aromatic carbocycles. The number of amides is 4. The Kier molecular flexibility index (Phi) is 6.29. The summed E-state index contributed by atoms with van der Waals surface area (Å²) in [7, 11) is 0. The second-order valence-corrected chi connectivity index (χ2v) is 8.43. The predicted molar refractivity (Wildman–Crippen MR) is 119 cm³/mol. The summed E-state index contributed by atoms with van der Waals surface area (Å²) in [5.41, 5.74) is 3.13. The smallest absolute Gasteiger partial charge is 0.270 e. The van der Waals surface area contributed by atoms with Crippen LogP contribution in [0.1, 0.15) is 21.7 Å². The van der Waals surface area contributed by atoms with Crippen LogP contribution in [0.4, 0.5) is 5.69 Å². The minimum absolute atomic E-state index is 0.0206. The number of carbonyl (C=O) groups excluding carboxylic acids is 4. The number of hydrogen-bond acceptors (Lipinski definition) is 6. The lowest BCUT2D eigenvalue weighted by Crippen LogP contribution is -2.55. The van der Waals surface area contributed by atoms with Crippen molar-refractivity contribution < 1.29 is 19.2 Å². The lowest BCUT2D eigenvalue weighted by atomic mass is 10.2. The predicted octanol–water partition coefficient (Wildman–Crippen LogP) is 2.84. The van der Waals surface area contributed by atoms with Gasteiger partial charge in [0.2, 0.25) is 11.8 Å². The number of aromatic nitrogens is 1. The van der Waals surface area contributed by atoms with Gasteiger partial charge in [-0.3, -0.25) is 29.6 Å². The molecule has 1 aliphatic rings. The summed E-state index contributed by atoms with van der Waals surface area (Å²) in [6.45, 7) is 0. The van der Waals surface area contributed by atoms with Gasteiger partial charge in [0, 0.05) is 27.9 Å². The Morgan fingerprint density at radius 3 is 2.50 bits per heavy atom. The van der Waals surface area contributed by atoms with Gasteiger partial charge in [-0.05, 0) is 47.8 Å². The van der Waals surface area contributed by atoms with Gasteiger partial charge in [0.05, 0.1) is 18.5 Å². The molecule has 10 heteroatoms. The molecule has 1 saturated heterocycles. The summed E-state index contributed by atoms with van der Waals surface area (Å²) in [6.07, 6.45) is 2.61. The Hall–Kier alpha value is -3.56. The maximum absolute atomic E-state index is 13.2. The third-order valence-electron chi connectivity index (χ3n) is 4.86. The molecule has 4 rings (SSSR count). The van der Waals surface area contributed by atoms with Crippen molar-refractivity contribution in [1.82, 2.24) is 15.4 Å². The molecule has 8 nitrogen and oxygen atoms in total. The molecule has 0 saturated carbocycles. The zero-order valence-corrected chi connectivity index (χ0v) is 18.2. The van der Waals surface area contributed by atoms with Gasteiger partial charge < -0.3 is 0 Å². The molecule has 0 bridgehead atoms. The molecule has 162 valence electrons. The van der Waals surface area contributed by atoms with Gasteiger partial charge in [-0.1, -0.05) is 17.7 Å². The van der Waals surface area contributed by atoms with Gasteiger partial charge in [0.15, 0.2) is 0 Å². The highest BCUT2D eigenvalue weighted by atomic mass is 35.5. The number of nitrogens with one attached hydrogen (secondary N) is 1. The fourth-order valence-electron chi connectivity index (χ4n) is 3.32. The van der Waals surface area contributed by atoms with Crippen molar-refractivity contribution in [2.75, 3.05) is 4.90 Å². The molecule has 1 fully saturated rings. The van der Waals surface area contributed by atoms with Crippen molar-refractivity contribution >= 4 is 52.3 Å². The highest BCUT2D eigenvalue weighted by Gasteiger charge is 2.45. The van der Waals surface area contributed by atoms with Gasteiger partial charge in [0.1, 0.15) is 6.04 Å². The molecule has 32 heavy (non-hydrogen) atoms. The van der Waals surface area contributed by atoms with E-state index in [2.05, 4.69) is 10.4 Å².